The van der Waals surface area contributed by atoms with Gasteiger partial charge in [0.25, 0.3) is 0 Å². The van der Waals surface area contributed by atoms with E-state index in [0.29, 0.717) is 11.5 Å². The molecular weight excluding hydrogens is 164 g/mol. The second-order valence-corrected chi connectivity index (χ2v) is 5.10. The maximum Gasteiger partial charge on any atom is 0.236 e. The van der Waals surface area contributed by atoms with Crippen LogP contribution in [0.5, 0.6) is 0 Å². The van der Waals surface area contributed by atoms with E-state index in [1.807, 2.05) is 6.92 Å². The van der Waals surface area contributed by atoms with Gasteiger partial charge in [0.15, 0.2) is 0 Å². The minimum Gasteiger partial charge on any atom is -0.353 e. The molecule has 0 aromatic carbocycles. The highest BCUT2D eigenvalue weighted by molar-refractivity contribution is 5.82. The summed E-state index contributed by atoms with van der Waals surface area (Å²) in [6, 6.07) is 0.383. The highest BCUT2D eigenvalue weighted by Crippen LogP contribution is 2.21. The second-order valence-electron chi connectivity index (χ2n) is 5.10. The molecule has 1 fully saturated rings. The molecule has 2 N–H and O–H groups in total. The molecule has 1 aliphatic rings. The zero-order valence-electron chi connectivity index (χ0n) is 8.98. The summed E-state index contributed by atoms with van der Waals surface area (Å²) >= 11 is 0. The first-order valence-electron chi connectivity index (χ1n) is 4.92. The Hall–Kier alpha value is -0.570. The zero-order chi connectivity index (χ0) is 10.1. The molecule has 3 heteroatoms. The summed E-state index contributed by atoms with van der Waals surface area (Å²) in [5, 5.41) is 6.21. The van der Waals surface area contributed by atoms with Gasteiger partial charge in [-0.25, -0.2) is 0 Å². The van der Waals surface area contributed by atoms with Crippen molar-refractivity contribution in [1.29, 1.82) is 0 Å². The highest BCUT2D eigenvalue weighted by Gasteiger charge is 2.26. The van der Waals surface area contributed by atoms with E-state index in [2.05, 4.69) is 31.4 Å². The van der Waals surface area contributed by atoms with Crippen LogP contribution in [0.3, 0.4) is 0 Å². The van der Waals surface area contributed by atoms with Crippen molar-refractivity contribution in [3.05, 3.63) is 0 Å². The molecule has 2 atom stereocenters. The summed E-state index contributed by atoms with van der Waals surface area (Å²) < 4.78 is 0. The van der Waals surface area contributed by atoms with Gasteiger partial charge in [-0.3, -0.25) is 4.79 Å². The summed E-state index contributed by atoms with van der Waals surface area (Å²) in [6.07, 6.45) is 1.09. The Morgan fingerprint density at radius 3 is 2.54 bits per heavy atom. The van der Waals surface area contributed by atoms with E-state index in [0.717, 1.165) is 13.0 Å². The molecule has 1 heterocycles. The Morgan fingerprint density at radius 1 is 1.46 bits per heavy atom. The van der Waals surface area contributed by atoms with Crippen molar-refractivity contribution in [2.75, 3.05) is 6.54 Å². The van der Waals surface area contributed by atoms with E-state index in [9.17, 15) is 4.79 Å². The lowest BCUT2D eigenvalue weighted by atomic mass is 9.87. The molecule has 0 bridgehead atoms. The minimum absolute atomic E-state index is 0.0406. The molecule has 0 spiro atoms. The molecule has 0 radical (unpaired) electrons. The van der Waals surface area contributed by atoms with Crippen LogP contribution >= 0.6 is 0 Å². The molecule has 13 heavy (non-hydrogen) atoms. The van der Waals surface area contributed by atoms with Crippen LogP contribution in [0.15, 0.2) is 0 Å². The lowest BCUT2D eigenvalue weighted by molar-refractivity contribution is -0.124. The predicted octanol–water partition coefficient (Wildman–Crippen LogP) is 0.899. The number of nitrogens with one attached hydrogen (secondary N) is 2. The molecular formula is C10H20N2O. The van der Waals surface area contributed by atoms with Crippen molar-refractivity contribution < 1.29 is 4.79 Å². The summed E-state index contributed by atoms with van der Waals surface area (Å²) in [4.78, 5) is 11.1. The fourth-order valence-corrected chi connectivity index (χ4v) is 1.74. The monoisotopic (exact) mass is 184 g/mol. The molecule has 1 unspecified atom stereocenters. The molecule has 1 rings (SSSR count). The SMILES string of the molecule is C[C@@H]1NC(CC(C)(C)C)CNC1=O. The largest absolute Gasteiger partial charge is 0.353 e. The Morgan fingerprint density at radius 2 is 2.08 bits per heavy atom. The Labute approximate surface area is 80.3 Å². The smallest absolute Gasteiger partial charge is 0.236 e. The third-order valence-corrected chi connectivity index (χ3v) is 2.26. The molecule has 1 aliphatic heterocycles. The third-order valence-electron chi connectivity index (χ3n) is 2.26. The van der Waals surface area contributed by atoms with Gasteiger partial charge in [-0.15, -0.1) is 0 Å². The van der Waals surface area contributed by atoms with Gasteiger partial charge in [-0.05, 0) is 18.8 Å². The first-order valence-corrected chi connectivity index (χ1v) is 4.92. The Kier molecular flexibility index (Phi) is 2.96. The summed E-state index contributed by atoms with van der Waals surface area (Å²) in [6.45, 7) is 9.33. The van der Waals surface area contributed by atoms with Crippen molar-refractivity contribution in [3.8, 4) is 0 Å². The van der Waals surface area contributed by atoms with Gasteiger partial charge in [0, 0.05) is 12.6 Å². The number of carbonyl (C=O) groups excluding carboxylic acids is 1. The summed E-state index contributed by atoms with van der Waals surface area (Å²) in [5.41, 5.74) is 0.319. The third kappa shape index (κ3) is 3.35. The van der Waals surface area contributed by atoms with Gasteiger partial charge < -0.3 is 10.6 Å². The molecule has 0 aromatic rings. The number of hydrogen-bond acceptors (Lipinski definition) is 2. The number of piperazine rings is 1. The standard InChI is InChI=1S/C10H20N2O/c1-7-9(13)11-6-8(12-7)5-10(2,3)4/h7-8,12H,5-6H2,1-4H3,(H,11,13)/t7-,8?/m0/s1. The maximum atomic E-state index is 11.1. The maximum absolute atomic E-state index is 11.1. The first kappa shape index (κ1) is 10.5. The molecule has 76 valence electrons. The lowest BCUT2D eigenvalue weighted by Gasteiger charge is -2.33. The van der Waals surface area contributed by atoms with Crippen LogP contribution < -0.4 is 10.6 Å². The first-order chi connectivity index (χ1) is 5.88. The van der Waals surface area contributed by atoms with E-state index in [-0.39, 0.29) is 11.9 Å². The summed E-state index contributed by atoms with van der Waals surface area (Å²) in [7, 11) is 0. The molecule has 1 amide bonds. The zero-order valence-corrected chi connectivity index (χ0v) is 8.98. The normalized spacial score (nSPS) is 30.0. The number of rotatable bonds is 1. The quantitative estimate of drug-likeness (QED) is 0.635. The topological polar surface area (TPSA) is 41.1 Å². The molecule has 0 aliphatic carbocycles. The second kappa shape index (κ2) is 3.66. The van der Waals surface area contributed by atoms with Crippen molar-refractivity contribution in [2.24, 2.45) is 5.41 Å². The van der Waals surface area contributed by atoms with E-state index in [4.69, 9.17) is 0 Å². The van der Waals surface area contributed by atoms with E-state index < -0.39 is 0 Å². The van der Waals surface area contributed by atoms with Crippen LogP contribution in [-0.4, -0.2) is 24.5 Å². The number of hydrogen-bond donors (Lipinski definition) is 2. The van der Waals surface area contributed by atoms with Crippen molar-refractivity contribution in [2.45, 2.75) is 46.2 Å². The molecule has 0 saturated carbocycles. The van der Waals surface area contributed by atoms with Gasteiger partial charge in [0.05, 0.1) is 6.04 Å². The molecule has 3 nitrogen and oxygen atoms in total. The van der Waals surface area contributed by atoms with Gasteiger partial charge in [-0.2, -0.15) is 0 Å². The van der Waals surface area contributed by atoms with Crippen molar-refractivity contribution in [3.63, 3.8) is 0 Å². The fourth-order valence-electron chi connectivity index (χ4n) is 1.74. The number of amides is 1. The van der Waals surface area contributed by atoms with E-state index in [1.54, 1.807) is 0 Å². The minimum atomic E-state index is -0.0406. The van der Waals surface area contributed by atoms with Crippen LogP contribution in [0.4, 0.5) is 0 Å². The van der Waals surface area contributed by atoms with Crippen LogP contribution in [0.2, 0.25) is 0 Å². The average molecular weight is 184 g/mol. The van der Waals surface area contributed by atoms with E-state index >= 15 is 0 Å². The van der Waals surface area contributed by atoms with Crippen LogP contribution in [-0.2, 0) is 4.79 Å². The van der Waals surface area contributed by atoms with Gasteiger partial charge in [0.2, 0.25) is 5.91 Å². The lowest BCUT2D eigenvalue weighted by Crippen LogP contribution is -2.57. The Balaban J connectivity index is 2.42. The Bertz CT molecular complexity index is 196. The van der Waals surface area contributed by atoms with Crippen molar-refractivity contribution >= 4 is 5.91 Å². The van der Waals surface area contributed by atoms with E-state index in [1.165, 1.54) is 0 Å². The van der Waals surface area contributed by atoms with Crippen LogP contribution in [0.25, 0.3) is 0 Å². The van der Waals surface area contributed by atoms with Gasteiger partial charge >= 0.3 is 0 Å². The number of carbonyl (C=O) groups is 1. The fraction of sp³-hybridized carbons (Fsp3) is 0.900. The van der Waals surface area contributed by atoms with Crippen molar-refractivity contribution in [1.82, 2.24) is 10.6 Å². The van der Waals surface area contributed by atoms with Crippen LogP contribution in [0.1, 0.15) is 34.1 Å². The van der Waals surface area contributed by atoms with Gasteiger partial charge in [-0.1, -0.05) is 20.8 Å². The molecule has 0 aromatic heterocycles. The predicted molar refractivity (Wildman–Crippen MR) is 53.5 cm³/mol. The molecule has 1 saturated heterocycles. The summed E-state index contributed by atoms with van der Waals surface area (Å²) in [5.74, 6) is 0.116. The highest BCUT2D eigenvalue weighted by atomic mass is 16.2. The average Bonchev–Trinajstić information content (AvgIpc) is 1.94. The van der Waals surface area contributed by atoms with Crippen LogP contribution in [0, 0.1) is 5.41 Å². The van der Waals surface area contributed by atoms with Gasteiger partial charge in [0.1, 0.15) is 0 Å².